The summed E-state index contributed by atoms with van der Waals surface area (Å²) in [6, 6.07) is 7.11. The average molecular weight is 310 g/mol. The number of nitrogens with one attached hydrogen (secondary N) is 1. The van der Waals surface area contributed by atoms with Crippen LogP contribution >= 0.6 is 0 Å². The van der Waals surface area contributed by atoms with Gasteiger partial charge in [0.1, 0.15) is 12.7 Å². The topological polar surface area (TPSA) is 60.6 Å². The number of aromatic nitrogens is 5. The summed E-state index contributed by atoms with van der Waals surface area (Å²) in [5, 5.41) is 8.07. The minimum Gasteiger partial charge on any atom is -0.380 e. The van der Waals surface area contributed by atoms with E-state index in [4.69, 9.17) is 0 Å². The van der Waals surface area contributed by atoms with Crippen LogP contribution in [-0.2, 0) is 7.05 Å². The first-order chi connectivity index (χ1) is 11.2. The van der Waals surface area contributed by atoms with Crippen LogP contribution in [0.1, 0.15) is 32.2 Å². The summed E-state index contributed by atoms with van der Waals surface area (Å²) in [5.74, 6) is 0.723. The molecule has 0 spiro atoms. The van der Waals surface area contributed by atoms with Gasteiger partial charge in [0.15, 0.2) is 0 Å². The molecular weight excluding hydrogens is 288 g/mol. The fourth-order valence-electron chi connectivity index (χ4n) is 3.64. The van der Waals surface area contributed by atoms with E-state index < -0.39 is 0 Å². The highest BCUT2D eigenvalue weighted by atomic mass is 15.3. The van der Waals surface area contributed by atoms with Gasteiger partial charge in [-0.2, -0.15) is 5.10 Å². The molecule has 6 nitrogen and oxygen atoms in total. The van der Waals surface area contributed by atoms with Gasteiger partial charge >= 0.3 is 0 Å². The third kappa shape index (κ3) is 2.69. The lowest BCUT2D eigenvalue weighted by atomic mass is 9.83. The van der Waals surface area contributed by atoms with E-state index in [9.17, 15) is 0 Å². The van der Waals surface area contributed by atoms with E-state index in [0.29, 0.717) is 12.1 Å². The Morgan fingerprint density at radius 2 is 2.13 bits per heavy atom. The molecule has 3 aromatic rings. The number of aryl methyl sites for hydroxylation is 1. The Bertz CT molecular complexity index is 791. The summed E-state index contributed by atoms with van der Waals surface area (Å²) in [6.45, 7) is 2.32. The molecule has 0 radical (unpaired) electrons. The third-order valence-corrected chi connectivity index (χ3v) is 4.93. The average Bonchev–Trinajstić information content (AvgIpc) is 3.19. The molecule has 2 heterocycles. The van der Waals surface area contributed by atoms with Crippen molar-refractivity contribution < 1.29 is 0 Å². The van der Waals surface area contributed by atoms with Crippen molar-refractivity contribution >= 4 is 16.7 Å². The highest BCUT2D eigenvalue weighted by Gasteiger charge is 2.30. The lowest BCUT2D eigenvalue weighted by Gasteiger charge is -2.35. The van der Waals surface area contributed by atoms with Gasteiger partial charge in [0.25, 0.3) is 0 Å². The number of benzene rings is 1. The van der Waals surface area contributed by atoms with Crippen molar-refractivity contribution in [2.24, 2.45) is 13.0 Å². The predicted octanol–water partition coefficient (Wildman–Crippen LogP) is 3.01. The monoisotopic (exact) mass is 310 g/mol. The van der Waals surface area contributed by atoms with Crippen molar-refractivity contribution in [1.82, 2.24) is 24.3 Å². The van der Waals surface area contributed by atoms with Gasteiger partial charge in [0, 0.05) is 18.8 Å². The van der Waals surface area contributed by atoms with Gasteiger partial charge in [-0.1, -0.05) is 6.92 Å². The molecule has 1 aromatic carbocycles. The quantitative estimate of drug-likeness (QED) is 0.808. The smallest absolute Gasteiger partial charge is 0.137 e. The minimum absolute atomic E-state index is 0.348. The maximum Gasteiger partial charge on any atom is 0.137 e. The number of hydrogen-bond acceptors (Lipinski definition) is 4. The predicted molar refractivity (Wildman–Crippen MR) is 90.2 cm³/mol. The number of imidazole rings is 1. The van der Waals surface area contributed by atoms with E-state index in [1.165, 1.54) is 6.42 Å². The summed E-state index contributed by atoms with van der Waals surface area (Å²) in [5.41, 5.74) is 3.31. The Kier molecular flexibility index (Phi) is 3.52. The van der Waals surface area contributed by atoms with Crippen molar-refractivity contribution in [3.63, 3.8) is 0 Å². The van der Waals surface area contributed by atoms with Gasteiger partial charge in [-0.05, 0) is 43.4 Å². The third-order valence-electron chi connectivity index (χ3n) is 4.93. The van der Waals surface area contributed by atoms with Gasteiger partial charge in [0.05, 0.1) is 23.4 Å². The van der Waals surface area contributed by atoms with E-state index in [0.717, 1.165) is 35.5 Å². The number of anilines is 1. The van der Waals surface area contributed by atoms with Crippen LogP contribution < -0.4 is 5.32 Å². The Morgan fingerprint density at radius 3 is 2.96 bits per heavy atom. The summed E-state index contributed by atoms with van der Waals surface area (Å²) >= 11 is 0. The van der Waals surface area contributed by atoms with E-state index >= 15 is 0 Å². The van der Waals surface area contributed by atoms with Crippen LogP contribution in [0, 0.1) is 5.92 Å². The fraction of sp³-hybridized carbons (Fsp3) is 0.471. The summed E-state index contributed by atoms with van der Waals surface area (Å²) in [4.78, 5) is 8.57. The minimum atomic E-state index is 0.348. The Labute approximate surface area is 135 Å². The van der Waals surface area contributed by atoms with E-state index in [-0.39, 0.29) is 0 Å². The Balaban J connectivity index is 1.59. The van der Waals surface area contributed by atoms with Crippen molar-refractivity contribution in [3.05, 3.63) is 37.2 Å². The zero-order valence-electron chi connectivity index (χ0n) is 13.6. The van der Waals surface area contributed by atoms with Gasteiger partial charge in [-0.3, -0.25) is 0 Å². The zero-order valence-corrected chi connectivity index (χ0v) is 13.6. The maximum atomic E-state index is 4.45. The standard InChI is InChI=1S/C17H22N6/c1-12-3-5-14(17(7-12)23-10-18-9-20-23)21-13-4-6-16-15(8-13)19-11-22(16)2/h4,6,8-12,14,17,21H,3,5,7H2,1-2H3. The molecule has 3 unspecified atom stereocenters. The van der Waals surface area contributed by atoms with Gasteiger partial charge in [0.2, 0.25) is 0 Å². The van der Waals surface area contributed by atoms with Gasteiger partial charge in [-0.15, -0.1) is 0 Å². The second-order valence-corrected chi connectivity index (χ2v) is 6.67. The fourth-order valence-corrected chi connectivity index (χ4v) is 3.64. The lowest BCUT2D eigenvalue weighted by molar-refractivity contribution is 0.244. The molecule has 2 aromatic heterocycles. The highest BCUT2D eigenvalue weighted by Crippen LogP contribution is 2.34. The van der Waals surface area contributed by atoms with Crippen LogP contribution in [0.5, 0.6) is 0 Å². The number of fused-ring (bicyclic) bond motifs is 1. The molecule has 0 amide bonds. The molecule has 1 N–H and O–H groups in total. The summed E-state index contributed by atoms with van der Waals surface area (Å²) in [6.07, 6.45) is 8.83. The molecule has 120 valence electrons. The lowest BCUT2D eigenvalue weighted by Crippen LogP contribution is -2.36. The number of rotatable bonds is 3. The molecule has 0 saturated heterocycles. The Hall–Kier alpha value is -2.37. The van der Waals surface area contributed by atoms with Crippen molar-refractivity contribution in [3.8, 4) is 0 Å². The zero-order chi connectivity index (χ0) is 15.8. The molecule has 1 aliphatic rings. The van der Waals surface area contributed by atoms with E-state index in [2.05, 4.69) is 45.5 Å². The molecule has 3 atom stereocenters. The largest absolute Gasteiger partial charge is 0.380 e. The highest BCUT2D eigenvalue weighted by molar-refractivity contribution is 5.79. The molecule has 1 aliphatic carbocycles. The maximum absolute atomic E-state index is 4.45. The van der Waals surface area contributed by atoms with Crippen LogP contribution in [-0.4, -0.2) is 30.4 Å². The van der Waals surface area contributed by atoms with Crippen LogP contribution in [0.15, 0.2) is 37.2 Å². The van der Waals surface area contributed by atoms with E-state index in [1.807, 2.05) is 29.0 Å². The normalized spacial score (nSPS) is 24.9. The molecular formula is C17H22N6. The number of nitrogens with zero attached hydrogens (tertiary/aromatic N) is 5. The first-order valence-corrected chi connectivity index (χ1v) is 8.22. The van der Waals surface area contributed by atoms with Crippen LogP contribution in [0.2, 0.25) is 0 Å². The Morgan fingerprint density at radius 1 is 1.22 bits per heavy atom. The van der Waals surface area contributed by atoms with Crippen molar-refractivity contribution in [1.29, 1.82) is 0 Å². The molecule has 0 bridgehead atoms. The molecule has 0 aliphatic heterocycles. The molecule has 1 fully saturated rings. The second-order valence-electron chi connectivity index (χ2n) is 6.67. The first-order valence-electron chi connectivity index (χ1n) is 8.22. The molecule has 4 rings (SSSR count). The van der Waals surface area contributed by atoms with Crippen LogP contribution in [0.25, 0.3) is 11.0 Å². The van der Waals surface area contributed by atoms with Crippen molar-refractivity contribution in [2.75, 3.05) is 5.32 Å². The number of hydrogen-bond donors (Lipinski definition) is 1. The second kappa shape index (κ2) is 5.68. The van der Waals surface area contributed by atoms with E-state index in [1.54, 1.807) is 6.33 Å². The summed E-state index contributed by atoms with van der Waals surface area (Å²) < 4.78 is 4.05. The van der Waals surface area contributed by atoms with Gasteiger partial charge < -0.3 is 9.88 Å². The summed E-state index contributed by atoms with van der Waals surface area (Å²) in [7, 11) is 2.02. The van der Waals surface area contributed by atoms with Crippen molar-refractivity contribution in [2.45, 2.75) is 38.3 Å². The molecule has 6 heteroatoms. The molecule has 1 saturated carbocycles. The van der Waals surface area contributed by atoms with Gasteiger partial charge in [-0.25, -0.2) is 14.6 Å². The van der Waals surface area contributed by atoms with Crippen LogP contribution in [0.3, 0.4) is 0 Å². The SMILES string of the molecule is CC1CCC(Nc2ccc3c(c2)ncn3C)C(n2cncn2)C1. The van der Waals surface area contributed by atoms with Crippen LogP contribution in [0.4, 0.5) is 5.69 Å². The first kappa shape index (κ1) is 14.2. The molecule has 23 heavy (non-hydrogen) atoms.